The van der Waals surface area contributed by atoms with Crippen LogP contribution in [0.5, 0.6) is 0 Å². The van der Waals surface area contributed by atoms with Gasteiger partial charge in [0.15, 0.2) is 0 Å². The minimum absolute atomic E-state index is 0. The van der Waals surface area contributed by atoms with E-state index in [4.69, 9.17) is 46.0 Å². The van der Waals surface area contributed by atoms with Crippen molar-refractivity contribution in [2.45, 2.75) is 0 Å². The van der Waals surface area contributed by atoms with E-state index in [1.54, 1.807) is 0 Å². The van der Waals surface area contributed by atoms with Crippen LogP contribution < -0.4 is 0 Å². The van der Waals surface area contributed by atoms with E-state index in [1.165, 1.54) is 0 Å². The summed E-state index contributed by atoms with van der Waals surface area (Å²) in [6, 6.07) is 0. The fourth-order valence-corrected chi connectivity index (χ4v) is 0. The van der Waals surface area contributed by atoms with Crippen LogP contribution in [0.2, 0.25) is 0 Å². The topological polar surface area (TPSA) is 262 Å². The molecule has 0 spiro atoms. The van der Waals surface area contributed by atoms with Gasteiger partial charge in [0, 0.05) is 0 Å². The van der Waals surface area contributed by atoms with Gasteiger partial charge in [0.1, 0.15) is 0 Å². The molecule has 4 N–H and O–H groups in total. The summed E-state index contributed by atoms with van der Waals surface area (Å²) in [5.74, 6) is 0. The van der Waals surface area contributed by atoms with Crippen molar-refractivity contribution >= 4 is 0 Å². The van der Waals surface area contributed by atoms with Gasteiger partial charge in [-0.05, 0) is 0 Å². The second-order valence-electron chi connectivity index (χ2n) is 0.671. The summed E-state index contributed by atoms with van der Waals surface area (Å²) < 4.78 is 0. The third-order valence-corrected chi connectivity index (χ3v) is 0. The molecule has 15 heavy (non-hydrogen) atoms. The second-order valence-corrected chi connectivity index (χ2v) is 0.671. The van der Waals surface area contributed by atoms with E-state index < -0.39 is 15.3 Å². The maximum Gasteiger partial charge on any atom is 3.00 e. The van der Waals surface area contributed by atoms with Gasteiger partial charge in [-0.2, -0.15) is 0 Å². The van der Waals surface area contributed by atoms with E-state index in [0.717, 1.165) is 0 Å². The minimum atomic E-state index is -1.75. The van der Waals surface area contributed by atoms with Crippen molar-refractivity contribution in [2.24, 2.45) is 0 Å². The van der Waals surface area contributed by atoms with Crippen molar-refractivity contribution in [2.75, 3.05) is 0 Å². The molecule has 0 atom stereocenters. The van der Waals surface area contributed by atoms with Crippen LogP contribution in [0.1, 0.15) is 0 Å². The van der Waals surface area contributed by atoms with Crippen LogP contribution in [0.4, 0.5) is 0 Å². The zero-order chi connectivity index (χ0) is 10.7. The average molecular weight is 278 g/mol. The Hall–Kier alpha value is -1.96. The largest absolute Gasteiger partial charge is 3.00 e. The van der Waals surface area contributed by atoms with Crippen LogP contribution in [0.25, 0.3) is 0 Å². The van der Waals surface area contributed by atoms with Crippen LogP contribution in [-0.2, 0) is 17.1 Å². The summed E-state index contributed by atoms with van der Waals surface area (Å²) in [5.41, 5.74) is 0. The molecule has 1 radical (unpaired) electrons. The summed E-state index contributed by atoms with van der Waals surface area (Å²) in [4.78, 5) is 24.8. The molecule has 0 rings (SSSR count). The van der Waals surface area contributed by atoms with Crippen LogP contribution in [0.15, 0.2) is 0 Å². The van der Waals surface area contributed by atoms with Gasteiger partial charge in [0.2, 0.25) is 0 Å². The SMILES string of the molecule is O.O.O=[N+]([O-])[O-].O=[N+]([O-])[O-].O=[N+]([O-])[O-].[Fe+3]. The second kappa shape index (κ2) is 29.6. The van der Waals surface area contributed by atoms with Gasteiger partial charge in [-0.3, -0.25) is 0 Å². The maximum atomic E-state index is 8.25. The molecule has 0 aromatic heterocycles. The summed E-state index contributed by atoms with van der Waals surface area (Å²) in [6.45, 7) is 0. The van der Waals surface area contributed by atoms with E-state index >= 15 is 0 Å². The minimum Gasteiger partial charge on any atom is -0.412 e. The standard InChI is InChI=1S/Fe.3NO3.2H2O/c;3*2-1(3)4;;/h;;;;2*1H2/q+3;3*-1;;. The molecule has 15 heteroatoms. The first-order valence-corrected chi connectivity index (χ1v) is 1.64. The van der Waals surface area contributed by atoms with Crippen molar-refractivity contribution in [3.63, 3.8) is 0 Å². The Morgan fingerprint density at radius 3 is 0.533 bits per heavy atom. The van der Waals surface area contributed by atoms with E-state index in [0.29, 0.717) is 0 Å². The molecular weight excluding hydrogens is 274 g/mol. The monoisotopic (exact) mass is 278 g/mol. The van der Waals surface area contributed by atoms with Crippen molar-refractivity contribution in [1.82, 2.24) is 0 Å². The fraction of sp³-hybridized carbons (Fsp3) is 0. The van der Waals surface area contributed by atoms with Crippen molar-refractivity contribution in [3.8, 4) is 0 Å². The predicted octanol–water partition coefficient (Wildman–Crippen LogP) is -2.37. The van der Waals surface area contributed by atoms with Crippen molar-refractivity contribution in [3.05, 3.63) is 46.0 Å². The van der Waals surface area contributed by atoms with E-state index in [9.17, 15) is 0 Å². The Morgan fingerprint density at radius 1 is 0.533 bits per heavy atom. The first-order chi connectivity index (χ1) is 5.20. The van der Waals surface area contributed by atoms with Gasteiger partial charge in [-0.15, -0.1) is 0 Å². The number of hydrogen-bond donors (Lipinski definition) is 0. The molecule has 0 amide bonds. The van der Waals surface area contributed by atoms with Crippen LogP contribution >= 0.6 is 0 Å². The molecule has 0 aromatic carbocycles. The molecule has 0 bridgehead atoms. The van der Waals surface area contributed by atoms with Gasteiger partial charge in [0.05, 0.1) is 15.3 Å². The quantitative estimate of drug-likeness (QED) is 0.259. The molecule has 0 aromatic rings. The summed E-state index contributed by atoms with van der Waals surface area (Å²) in [6.07, 6.45) is 0. The van der Waals surface area contributed by atoms with Gasteiger partial charge in [-0.25, -0.2) is 0 Å². The molecule has 0 saturated heterocycles. The molecule has 0 aliphatic rings. The Labute approximate surface area is 90.1 Å². The van der Waals surface area contributed by atoms with Crippen molar-refractivity contribution < 1.29 is 43.3 Å². The first-order valence-electron chi connectivity index (χ1n) is 1.64. The predicted molar refractivity (Wildman–Crippen MR) is 38.3 cm³/mol. The Balaban J connectivity index is -0.0000000184. The van der Waals surface area contributed by atoms with Crippen LogP contribution in [-0.4, -0.2) is 26.2 Å². The van der Waals surface area contributed by atoms with Gasteiger partial charge in [0.25, 0.3) is 0 Å². The Kier molecular flexibility index (Phi) is 75.3. The van der Waals surface area contributed by atoms with Gasteiger partial charge in [-0.1, -0.05) is 0 Å². The normalized spacial score (nSPS) is 4.80. The first kappa shape index (κ1) is 38.1. The molecule has 0 saturated carbocycles. The Morgan fingerprint density at radius 2 is 0.533 bits per heavy atom. The summed E-state index contributed by atoms with van der Waals surface area (Å²) in [5, 5.41) is 44.2. The third-order valence-electron chi connectivity index (χ3n) is 0. The average Bonchev–Trinajstić information content (AvgIpc) is 1.54. The van der Waals surface area contributed by atoms with Crippen LogP contribution in [0.3, 0.4) is 0 Å². The van der Waals surface area contributed by atoms with Gasteiger partial charge < -0.3 is 56.9 Å². The summed E-state index contributed by atoms with van der Waals surface area (Å²) >= 11 is 0. The smallest absolute Gasteiger partial charge is 0.412 e. The molecule has 93 valence electrons. The molecule has 0 aliphatic carbocycles. The maximum absolute atomic E-state index is 8.25. The number of rotatable bonds is 0. The number of hydrogen-bond acceptors (Lipinski definition) is 9. The molecule has 0 heterocycles. The summed E-state index contributed by atoms with van der Waals surface area (Å²) in [7, 11) is 0. The Bertz CT molecular complexity index is 113. The van der Waals surface area contributed by atoms with E-state index in [-0.39, 0.29) is 28.0 Å². The molecule has 0 aliphatic heterocycles. The fourth-order valence-electron chi connectivity index (χ4n) is 0. The molecule has 0 fully saturated rings. The zero-order valence-corrected chi connectivity index (χ0v) is 7.47. The van der Waals surface area contributed by atoms with E-state index in [2.05, 4.69) is 0 Å². The van der Waals surface area contributed by atoms with Crippen molar-refractivity contribution in [1.29, 1.82) is 0 Å². The van der Waals surface area contributed by atoms with E-state index in [1.807, 2.05) is 0 Å². The third kappa shape index (κ3) is 316. The van der Waals surface area contributed by atoms with Gasteiger partial charge >= 0.3 is 17.1 Å². The molecule has 0 unspecified atom stereocenters. The molecular formula is H4FeN3O11. The van der Waals surface area contributed by atoms with Crippen LogP contribution in [0, 0.1) is 46.0 Å². The number of nitrogens with zero attached hydrogens (tertiary/aromatic N) is 3. The zero-order valence-electron chi connectivity index (χ0n) is 6.37. The molecule has 14 nitrogen and oxygen atoms in total.